The van der Waals surface area contributed by atoms with Gasteiger partial charge in [0.05, 0.1) is 24.1 Å². The van der Waals surface area contributed by atoms with Gasteiger partial charge < -0.3 is 10.1 Å². The summed E-state index contributed by atoms with van der Waals surface area (Å²) in [6, 6.07) is 6.67. The Balaban J connectivity index is 1.82. The van der Waals surface area contributed by atoms with Crippen molar-refractivity contribution in [3.63, 3.8) is 0 Å². The van der Waals surface area contributed by atoms with Gasteiger partial charge in [0, 0.05) is 12.6 Å². The average Bonchev–Trinajstić information content (AvgIpc) is 2.87. The van der Waals surface area contributed by atoms with Gasteiger partial charge in [0.1, 0.15) is 0 Å². The van der Waals surface area contributed by atoms with E-state index in [0.717, 1.165) is 17.9 Å². The maximum Gasteiger partial charge on any atom is 0.0891 e. The second kappa shape index (κ2) is 6.86. The smallest absolute Gasteiger partial charge is 0.0891 e. The van der Waals surface area contributed by atoms with Crippen LogP contribution in [-0.4, -0.2) is 17.1 Å². The van der Waals surface area contributed by atoms with Gasteiger partial charge in [-0.1, -0.05) is 32.8 Å². The number of ether oxygens (including phenoxy) is 1. The van der Waals surface area contributed by atoms with Crippen molar-refractivity contribution in [1.82, 2.24) is 10.3 Å². The predicted octanol–water partition coefficient (Wildman–Crippen LogP) is 3.04. The minimum Gasteiger partial charge on any atom is -0.372 e. The van der Waals surface area contributed by atoms with E-state index in [2.05, 4.69) is 36.3 Å². The van der Waals surface area contributed by atoms with Gasteiger partial charge in [-0.05, 0) is 25.0 Å². The lowest BCUT2D eigenvalue weighted by Crippen LogP contribution is -2.22. The van der Waals surface area contributed by atoms with Gasteiger partial charge in [-0.2, -0.15) is 0 Å². The zero-order valence-corrected chi connectivity index (χ0v) is 11.5. The summed E-state index contributed by atoms with van der Waals surface area (Å²) >= 11 is 0. The lowest BCUT2D eigenvalue weighted by Gasteiger charge is -2.12. The normalized spacial score (nSPS) is 16.6. The highest BCUT2D eigenvalue weighted by molar-refractivity contribution is 5.10. The van der Waals surface area contributed by atoms with Gasteiger partial charge in [-0.15, -0.1) is 0 Å². The minimum absolute atomic E-state index is 0.462. The molecule has 1 aromatic rings. The Morgan fingerprint density at radius 2 is 2.00 bits per heavy atom. The molecule has 0 radical (unpaired) electrons. The van der Waals surface area contributed by atoms with Crippen LogP contribution in [0.15, 0.2) is 18.2 Å². The minimum atomic E-state index is 0.462. The number of rotatable bonds is 6. The molecule has 1 aromatic heterocycles. The van der Waals surface area contributed by atoms with Gasteiger partial charge in [0.2, 0.25) is 0 Å². The van der Waals surface area contributed by atoms with Crippen molar-refractivity contribution in [2.24, 2.45) is 0 Å². The highest BCUT2D eigenvalue weighted by atomic mass is 16.5. The molecule has 0 spiro atoms. The molecule has 0 aromatic carbocycles. The van der Waals surface area contributed by atoms with E-state index in [4.69, 9.17) is 4.74 Å². The van der Waals surface area contributed by atoms with Crippen LogP contribution in [0, 0.1) is 0 Å². The van der Waals surface area contributed by atoms with Crippen LogP contribution in [0.2, 0.25) is 0 Å². The molecule has 3 nitrogen and oxygen atoms in total. The van der Waals surface area contributed by atoms with Crippen LogP contribution >= 0.6 is 0 Å². The van der Waals surface area contributed by atoms with Crippen molar-refractivity contribution in [3.05, 3.63) is 29.6 Å². The van der Waals surface area contributed by atoms with Crippen molar-refractivity contribution in [3.8, 4) is 0 Å². The molecule has 0 saturated heterocycles. The van der Waals surface area contributed by atoms with Crippen LogP contribution in [-0.2, 0) is 17.9 Å². The lowest BCUT2D eigenvalue weighted by atomic mass is 10.3. The summed E-state index contributed by atoms with van der Waals surface area (Å²) in [7, 11) is 0. The summed E-state index contributed by atoms with van der Waals surface area (Å²) in [5.41, 5.74) is 2.14. The Kier molecular flexibility index (Phi) is 5.14. The third kappa shape index (κ3) is 4.39. The van der Waals surface area contributed by atoms with Crippen LogP contribution in [0.4, 0.5) is 0 Å². The molecule has 0 aliphatic heterocycles. The third-order valence-corrected chi connectivity index (χ3v) is 3.32. The van der Waals surface area contributed by atoms with Gasteiger partial charge >= 0.3 is 0 Å². The highest BCUT2D eigenvalue weighted by Crippen LogP contribution is 2.21. The van der Waals surface area contributed by atoms with E-state index in [-0.39, 0.29) is 0 Å². The van der Waals surface area contributed by atoms with Gasteiger partial charge in [-0.3, -0.25) is 4.98 Å². The molecule has 3 heteroatoms. The van der Waals surface area contributed by atoms with E-state index in [9.17, 15) is 0 Å². The van der Waals surface area contributed by atoms with Crippen LogP contribution in [0.3, 0.4) is 0 Å². The first-order valence-corrected chi connectivity index (χ1v) is 7.04. The van der Waals surface area contributed by atoms with Crippen LogP contribution < -0.4 is 5.32 Å². The van der Waals surface area contributed by atoms with Gasteiger partial charge in [0.15, 0.2) is 0 Å². The van der Waals surface area contributed by atoms with Crippen LogP contribution in [0.25, 0.3) is 0 Å². The quantitative estimate of drug-likeness (QED) is 0.840. The largest absolute Gasteiger partial charge is 0.372 e. The Bertz CT molecular complexity index is 359. The SMILES string of the molecule is CC(C)NCc1cccc(COC2CCCC2)n1. The molecule has 0 bridgehead atoms. The molecule has 0 unspecified atom stereocenters. The van der Waals surface area contributed by atoms with E-state index in [0.29, 0.717) is 18.8 Å². The maximum absolute atomic E-state index is 5.89. The monoisotopic (exact) mass is 248 g/mol. The molecule has 1 saturated carbocycles. The third-order valence-electron chi connectivity index (χ3n) is 3.32. The van der Waals surface area contributed by atoms with E-state index in [1.165, 1.54) is 25.7 Å². The summed E-state index contributed by atoms with van der Waals surface area (Å²) in [4.78, 5) is 4.62. The van der Waals surface area contributed by atoms with E-state index < -0.39 is 0 Å². The summed E-state index contributed by atoms with van der Waals surface area (Å²) in [6.07, 6.45) is 5.53. The fourth-order valence-electron chi connectivity index (χ4n) is 2.28. The van der Waals surface area contributed by atoms with Crippen molar-refractivity contribution in [2.75, 3.05) is 0 Å². The average molecular weight is 248 g/mol. The highest BCUT2D eigenvalue weighted by Gasteiger charge is 2.15. The van der Waals surface area contributed by atoms with Crippen molar-refractivity contribution >= 4 is 0 Å². The number of nitrogens with zero attached hydrogens (tertiary/aromatic N) is 1. The molecule has 100 valence electrons. The van der Waals surface area contributed by atoms with E-state index >= 15 is 0 Å². The molecule has 1 N–H and O–H groups in total. The van der Waals surface area contributed by atoms with Crippen molar-refractivity contribution in [1.29, 1.82) is 0 Å². The number of aromatic nitrogens is 1. The first kappa shape index (κ1) is 13.5. The fourth-order valence-corrected chi connectivity index (χ4v) is 2.28. The summed E-state index contributed by atoms with van der Waals surface area (Å²) < 4.78 is 5.89. The van der Waals surface area contributed by atoms with Gasteiger partial charge in [0.25, 0.3) is 0 Å². The molecule has 18 heavy (non-hydrogen) atoms. The van der Waals surface area contributed by atoms with E-state index in [1.807, 2.05) is 6.07 Å². The zero-order chi connectivity index (χ0) is 12.8. The Morgan fingerprint density at radius 1 is 1.28 bits per heavy atom. The topological polar surface area (TPSA) is 34.1 Å². The standard InChI is InChI=1S/C15H24N2O/c1-12(2)16-10-13-6-5-7-14(17-13)11-18-15-8-3-4-9-15/h5-7,12,15-16H,3-4,8-11H2,1-2H3. The van der Waals surface area contributed by atoms with E-state index in [1.54, 1.807) is 0 Å². The lowest BCUT2D eigenvalue weighted by molar-refractivity contribution is 0.0437. The Hall–Kier alpha value is -0.930. The second-order valence-electron chi connectivity index (χ2n) is 5.37. The second-order valence-corrected chi connectivity index (χ2v) is 5.37. The molecule has 1 aliphatic rings. The van der Waals surface area contributed by atoms with Gasteiger partial charge in [-0.25, -0.2) is 0 Å². The summed E-state index contributed by atoms with van der Waals surface area (Å²) in [5.74, 6) is 0. The van der Waals surface area contributed by atoms with Crippen LogP contribution in [0.1, 0.15) is 50.9 Å². The number of hydrogen-bond acceptors (Lipinski definition) is 3. The van der Waals surface area contributed by atoms with Crippen molar-refractivity contribution in [2.45, 2.75) is 64.8 Å². The molecule has 0 amide bonds. The number of nitrogens with one attached hydrogen (secondary N) is 1. The Morgan fingerprint density at radius 3 is 2.72 bits per heavy atom. The predicted molar refractivity (Wildman–Crippen MR) is 73.3 cm³/mol. The molecular weight excluding hydrogens is 224 g/mol. The summed E-state index contributed by atoms with van der Waals surface area (Å²) in [6.45, 7) is 5.77. The zero-order valence-electron chi connectivity index (χ0n) is 11.5. The van der Waals surface area contributed by atoms with Crippen molar-refractivity contribution < 1.29 is 4.74 Å². The molecule has 1 aliphatic carbocycles. The first-order valence-electron chi connectivity index (χ1n) is 7.04. The molecule has 1 fully saturated rings. The number of pyridine rings is 1. The van der Waals surface area contributed by atoms with Crippen LogP contribution in [0.5, 0.6) is 0 Å². The molecule has 0 atom stereocenters. The number of hydrogen-bond donors (Lipinski definition) is 1. The molecule has 2 rings (SSSR count). The maximum atomic E-state index is 5.89. The molecule has 1 heterocycles. The first-order chi connectivity index (χ1) is 8.74. The Labute approximate surface area is 110 Å². The fraction of sp³-hybridized carbons (Fsp3) is 0.667. The molecular formula is C15H24N2O. The summed E-state index contributed by atoms with van der Waals surface area (Å²) in [5, 5.41) is 3.38.